The fourth-order valence-corrected chi connectivity index (χ4v) is 0.937. The minimum absolute atomic E-state index is 0.387. The van der Waals surface area contributed by atoms with Gasteiger partial charge >= 0.3 is 0 Å². The van der Waals surface area contributed by atoms with Gasteiger partial charge in [0.1, 0.15) is 18.3 Å². The number of aliphatic hydroxyl groups is 5. The van der Waals surface area contributed by atoms with Crippen LogP contribution in [0.2, 0.25) is 0 Å². The van der Waals surface area contributed by atoms with E-state index < -0.39 is 24.1 Å². The summed E-state index contributed by atoms with van der Waals surface area (Å²) < 4.78 is 4.44. The number of hydrogen-bond acceptors (Lipinski definition) is 6. The van der Waals surface area contributed by atoms with Crippen LogP contribution in [0.25, 0.3) is 0 Å². The maximum absolute atomic E-state index is 9.13. The van der Waals surface area contributed by atoms with Crippen molar-refractivity contribution in [2.75, 3.05) is 6.61 Å². The molecule has 6 heteroatoms. The van der Waals surface area contributed by atoms with Crippen LogP contribution in [0.1, 0.15) is 0 Å². The molecule has 1 rings (SSSR count). The molecule has 0 spiro atoms. The molecule has 0 saturated carbocycles. The Labute approximate surface area is 68.6 Å². The lowest BCUT2D eigenvalue weighted by Crippen LogP contribution is -2.61. The summed E-state index contributed by atoms with van der Waals surface area (Å²) in [4.78, 5) is 0. The van der Waals surface area contributed by atoms with Crippen LogP contribution >= 0.6 is 0 Å². The Kier molecular flexibility index (Phi) is 2.67. The van der Waals surface area contributed by atoms with Gasteiger partial charge in [-0.05, 0) is 0 Å². The number of aliphatic hydroxyl groups excluding tert-OH is 4. The summed E-state index contributed by atoms with van der Waals surface area (Å²) >= 11 is 0. The van der Waals surface area contributed by atoms with E-state index in [9.17, 15) is 0 Å². The van der Waals surface area contributed by atoms with Crippen LogP contribution in [-0.2, 0) is 4.74 Å². The third-order valence-corrected chi connectivity index (χ3v) is 1.75. The second-order valence-corrected chi connectivity index (χ2v) is 2.62. The summed E-state index contributed by atoms with van der Waals surface area (Å²) in [6.07, 6.45) is -4.66. The first-order valence-electron chi connectivity index (χ1n) is 3.33. The molecule has 12 heavy (non-hydrogen) atoms. The van der Waals surface area contributed by atoms with Crippen molar-refractivity contribution in [3.8, 4) is 0 Å². The van der Waals surface area contributed by atoms with Crippen molar-refractivity contribution in [3.63, 3.8) is 0 Å². The van der Waals surface area contributed by atoms with E-state index in [2.05, 4.69) is 4.74 Å². The Morgan fingerprint density at radius 3 is 2.42 bits per heavy atom. The lowest BCUT2D eigenvalue weighted by Gasteiger charge is -2.39. The van der Waals surface area contributed by atoms with Gasteiger partial charge in [-0.25, -0.2) is 0 Å². The highest BCUT2D eigenvalue weighted by molar-refractivity contribution is 4.95. The molecule has 0 amide bonds. The molecule has 6 nitrogen and oxygen atoms in total. The van der Waals surface area contributed by atoms with Gasteiger partial charge in [0.25, 0.3) is 0 Å². The van der Waals surface area contributed by atoms with Crippen LogP contribution in [0.5, 0.6) is 0 Å². The van der Waals surface area contributed by atoms with Crippen molar-refractivity contribution in [2.45, 2.75) is 24.1 Å². The van der Waals surface area contributed by atoms with Crippen molar-refractivity contribution in [3.05, 3.63) is 6.61 Å². The molecule has 1 heterocycles. The molecule has 0 aromatic rings. The lowest BCUT2D eigenvalue weighted by atomic mass is 10.9. The molecule has 0 bridgehead atoms. The third kappa shape index (κ3) is 1.45. The average molecular weight is 184 g/mol. The monoisotopic (exact) mass is 184 g/mol. The zero-order valence-corrected chi connectivity index (χ0v) is 6.08. The second kappa shape index (κ2) is 3.25. The van der Waals surface area contributed by atoms with Gasteiger partial charge in [-0.3, -0.25) is 0 Å². The van der Waals surface area contributed by atoms with E-state index in [4.69, 9.17) is 25.5 Å². The first-order valence-corrected chi connectivity index (χ1v) is 3.33. The molecular formula is C6H10O6. The van der Waals surface area contributed by atoms with Gasteiger partial charge in [-0.1, -0.05) is 0 Å². The second-order valence-electron chi connectivity index (χ2n) is 2.62. The van der Waals surface area contributed by atoms with E-state index in [1.165, 1.54) is 6.61 Å². The molecule has 2 radical (unpaired) electrons. The van der Waals surface area contributed by atoms with Gasteiger partial charge in [-0.2, -0.15) is 0 Å². The van der Waals surface area contributed by atoms with Crippen molar-refractivity contribution in [1.82, 2.24) is 0 Å². The van der Waals surface area contributed by atoms with Gasteiger partial charge in [0, 0.05) is 0 Å². The predicted molar refractivity (Wildman–Crippen MR) is 34.1 cm³/mol. The van der Waals surface area contributed by atoms with Gasteiger partial charge < -0.3 is 30.3 Å². The average Bonchev–Trinajstić information content (AvgIpc) is 2.09. The summed E-state index contributed by atoms with van der Waals surface area (Å²) in [6.45, 7) is 0.907. The zero-order chi connectivity index (χ0) is 9.35. The fourth-order valence-electron chi connectivity index (χ4n) is 0.937. The zero-order valence-electron chi connectivity index (χ0n) is 6.08. The highest BCUT2D eigenvalue weighted by Crippen LogP contribution is 2.24. The van der Waals surface area contributed by atoms with Crippen LogP contribution in [0.15, 0.2) is 0 Å². The molecule has 1 saturated heterocycles. The first-order chi connectivity index (χ1) is 5.51. The summed E-state index contributed by atoms with van der Waals surface area (Å²) in [6, 6.07) is 0. The molecular weight excluding hydrogens is 174 g/mol. The van der Waals surface area contributed by atoms with E-state index in [-0.39, 0.29) is 6.61 Å². The minimum Gasteiger partial charge on any atom is -0.388 e. The normalized spacial score (nSPS) is 49.2. The predicted octanol–water partition coefficient (Wildman–Crippen LogP) is -2.80. The van der Waals surface area contributed by atoms with E-state index in [1.54, 1.807) is 0 Å². The standard InChI is InChI=1S/C6H10O6/c7-2-6(11)5(10)4(9)3(8)1-12-6/h3-5,7-11H,1H2/i1+1,2+1,3+1,4+1,5+1,6+1. The summed E-state index contributed by atoms with van der Waals surface area (Å²) in [5, 5.41) is 44.5. The van der Waals surface area contributed by atoms with Crippen molar-refractivity contribution < 1.29 is 30.3 Å². The Bertz CT molecular complexity index is 162. The molecule has 0 aliphatic carbocycles. The quantitative estimate of drug-likeness (QED) is 0.281. The van der Waals surface area contributed by atoms with Crippen LogP contribution in [-0.4, -0.2) is 56.2 Å². The van der Waals surface area contributed by atoms with Gasteiger partial charge in [-0.15, -0.1) is 0 Å². The van der Waals surface area contributed by atoms with E-state index in [0.29, 0.717) is 0 Å². The van der Waals surface area contributed by atoms with Crippen LogP contribution in [0, 0.1) is 6.61 Å². The van der Waals surface area contributed by atoms with E-state index in [0.717, 1.165) is 0 Å². The summed E-state index contributed by atoms with van der Waals surface area (Å²) in [5.41, 5.74) is 0. The molecule has 4 atom stereocenters. The smallest absolute Gasteiger partial charge is 0.231 e. The largest absolute Gasteiger partial charge is 0.388 e. The van der Waals surface area contributed by atoms with E-state index in [1.807, 2.05) is 0 Å². The number of hydrogen-bond donors (Lipinski definition) is 5. The highest BCUT2D eigenvalue weighted by Gasteiger charge is 2.48. The van der Waals surface area contributed by atoms with Gasteiger partial charge in [0.15, 0.2) is 6.61 Å². The molecule has 4 unspecified atom stereocenters. The SMILES string of the molecule is O[13C][13C]1(O)O[13CH2][13CH](O)[13CH](O)[13CH]1O. The molecule has 0 aromatic heterocycles. The number of ether oxygens (including phenoxy) is 1. The Hall–Kier alpha value is -0.240. The Morgan fingerprint density at radius 1 is 1.33 bits per heavy atom. The summed E-state index contributed by atoms with van der Waals surface area (Å²) in [7, 11) is 0. The first kappa shape index (κ1) is 9.85. The van der Waals surface area contributed by atoms with E-state index >= 15 is 0 Å². The molecule has 1 aliphatic heterocycles. The number of rotatable bonds is 1. The van der Waals surface area contributed by atoms with Crippen molar-refractivity contribution >= 4 is 0 Å². The van der Waals surface area contributed by atoms with Crippen LogP contribution in [0.3, 0.4) is 0 Å². The topological polar surface area (TPSA) is 110 Å². The van der Waals surface area contributed by atoms with Gasteiger partial charge in [0.2, 0.25) is 5.79 Å². The van der Waals surface area contributed by atoms with Crippen molar-refractivity contribution in [2.24, 2.45) is 0 Å². The van der Waals surface area contributed by atoms with Crippen LogP contribution < -0.4 is 0 Å². The maximum Gasteiger partial charge on any atom is 0.231 e. The third-order valence-electron chi connectivity index (χ3n) is 1.75. The molecule has 1 fully saturated rings. The maximum atomic E-state index is 9.13. The van der Waals surface area contributed by atoms with Crippen LogP contribution in [0.4, 0.5) is 0 Å². The fraction of sp³-hybridized carbons (Fsp3) is 0.833. The minimum atomic E-state index is -2.42. The Balaban J connectivity index is 2.71. The molecule has 5 N–H and O–H groups in total. The van der Waals surface area contributed by atoms with Gasteiger partial charge in [0.05, 0.1) is 6.61 Å². The Morgan fingerprint density at radius 2 is 1.92 bits per heavy atom. The highest BCUT2D eigenvalue weighted by atomic mass is 16.9. The van der Waals surface area contributed by atoms with Crippen molar-refractivity contribution in [1.29, 1.82) is 0 Å². The summed E-state index contributed by atoms with van der Waals surface area (Å²) in [5.74, 6) is -2.42. The molecule has 1 aliphatic rings. The molecule has 70 valence electrons. The molecule has 0 aromatic carbocycles. The lowest BCUT2D eigenvalue weighted by molar-refractivity contribution is -0.315.